The van der Waals surface area contributed by atoms with E-state index in [9.17, 15) is 28.8 Å². The smallest absolute Gasteiger partial charge is 0.487 e. The molecule has 14 N–H and O–H groups in total. The number of nitrogens with one attached hydrogen (secondary N) is 3. The van der Waals surface area contributed by atoms with Crippen LogP contribution in [0.2, 0.25) is 20.1 Å². The van der Waals surface area contributed by atoms with Gasteiger partial charge in [-0.3, -0.25) is 29.0 Å². The van der Waals surface area contributed by atoms with Gasteiger partial charge in [0.25, 0.3) is 11.8 Å². The quantitative estimate of drug-likeness (QED) is 0.0253. The Morgan fingerprint density at radius 2 is 0.780 bits per heavy atom. The number of carbonyl (C=O) groups is 6. The van der Waals surface area contributed by atoms with Gasteiger partial charge in [-0.15, -0.1) is 0 Å². The Balaban J connectivity index is 0.000000151. The molecule has 0 radical (unpaired) electrons. The summed E-state index contributed by atoms with van der Waals surface area (Å²) < 4.78 is 72.8. The maximum Gasteiger partial charge on any atom is 0.495 e. The van der Waals surface area contributed by atoms with Crippen LogP contribution in [0, 0.1) is 0 Å². The van der Waals surface area contributed by atoms with Gasteiger partial charge in [-0.1, -0.05) is 96.5 Å². The number of ether oxygens (including phenoxy) is 6. The van der Waals surface area contributed by atoms with Gasteiger partial charge in [0, 0.05) is 156 Å². The van der Waals surface area contributed by atoms with Gasteiger partial charge >= 0.3 is 27.1 Å². The molecule has 150 heavy (non-hydrogen) atoms. The Bertz CT molecular complexity index is 6460. The molecule has 10 aromatic rings. The number of hydrogen-bond acceptors (Lipinski definition) is 29. The summed E-state index contributed by atoms with van der Waals surface area (Å²) in [5.74, 6) is 2.66. The van der Waals surface area contributed by atoms with Crippen LogP contribution in [0.4, 0.5) is 23.3 Å². The fourth-order valence-corrected chi connectivity index (χ4v) is 17.9. The van der Waals surface area contributed by atoms with E-state index in [1.165, 1.54) is 30.5 Å². The Morgan fingerprint density at radius 3 is 1.15 bits per heavy atom. The van der Waals surface area contributed by atoms with Crippen LogP contribution in [0.25, 0.3) is 35.4 Å². The number of hydrogen-bond donors (Lipinski definition) is 9. The second-order valence-corrected chi connectivity index (χ2v) is 42.4. The number of aliphatic carboxylic acids is 1. The highest BCUT2D eigenvalue weighted by molar-refractivity contribution is 9.11. The molecule has 0 spiro atoms. The number of rotatable bonds is 20. The Kier molecular flexibility index (Phi) is 40.2. The minimum absolute atomic E-state index is 0.0224. The molecule has 5 unspecified atom stereocenters. The maximum atomic E-state index is 12.7. The van der Waals surface area contributed by atoms with Crippen LogP contribution in [0.3, 0.4) is 0 Å². The molecule has 9 aliphatic rings. The van der Waals surface area contributed by atoms with Crippen molar-refractivity contribution < 1.29 is 90.2 Å². The minimum Gasteiger partial charge on any atom is -0.487 e. The molecule has 5 fully saturated rings. The van der Waals surface area contributed by atoms with E-state index in [0.29, 0.717) is 176 Å². The SMILES string of the molecule is CC1(C)OB(c2ccc(Cl)c3c2CC(CNC(=O)/C=C/c2ccc(N)nc2)O3)OC1(C)C.CC1OB(B2OC(C)(C)C(C)(C)O2)OC1(C)C.NCC1Cc2c(Br)ccc(Cl)c2O1.Nc1ccc(/C=C/C(=O)NCC2Cc3c(-c4ccc(C(=O)N5CCOCC5)nc4)ccc(Cl)c3O2)cn1.Nc1ccc(/C=C/C(=O)NCC2Cc3c(Br)ccc(Cl)c3O2)cn1.Nc1ccc(/C=C/C(=O)O)cn1.O=C(c1ccc(Br)cn1)N1CCOCC1. The molecule has 6 aromatic heterocycles. The summed E-state index contributed by atoms with van der Waals surface area (Å²) >= 11 is 35.2. The van der Waals surface area contributed by atoms with E-state index in [4.69, 9.17) is 137 Å². The highest BCUT2D eigenvalue weighted by atomic mass is 79.9. The molecule has 0 bridgehead atoms. The monoisotopic (exact) mass is 2320 g/mol. The van der Waals surface area contributed by atoms with Gasteiger partial charge in [0.1, 0.15) is 82.1 Å². The molecular weight excluding hydrogens is 2200 g/mol. The van der Waals surface area contributed by atoms with Gasteiger partial charge in [-0.2, -0.15) is 0 Å². The molecule has 45 heteroatoms. The Labute approximate surface area is 917 Å². The number of nitrogen functional groups attached to an aromatic ring is 4. The molecule has 790 valence electrons. The number of halogens is 7. The van der Waals surface area contributed by atoms with E-state index < -0.39 is 38.3 Å². The fraction of sp³-hybridized carbons (Fsp3) is 0.352. The maximum absolute atomic E-state index is 12.7. The number of benzene rings is 4. The first kappa shape index (κ1) is 116. The number of anilines is 4. The number of carboxylic acids is 1. The van der Waals surface area contributed by atoms with Gasteiger partial charge in [-0.05, 0) is 258 Å². The summed E-state index contributed by atoms with van der Waals surface area (Å²) in [6.07, 6.45) is 23.7. The number of carbonyl (C=O) groups excluding carboxylic acids is 5. The molecule has 4 aromatic carbocycles. The third kappa shape index (κ3) is 31.4. The molecular formula is C105H118B3Br3Cl4N16O19. The third-order valence-corrected chi connectivity index (χ3v) is 29.1. The fourth-order valence-electron chi connectivity index (χ4n) is 15.9. The van der Waals surface area contributed by atoms with Crippen LogP contribution in [-0.2, 0) is 82.3 Å². The van der Waals surface area contributed by atoms with Gasteiger partial charge in [0.2, 0.25) is 17.7 Å². The molecule has 0 aliphatic carbocycles. The van der Waals surface area contributed by atoms with Crippen LogP contribution < -0.4 is 69.0 Å². The summed E-state index contributed by atoms with van der Waals surface area (Å²) in [6.45, 7) is 28.5. The van der Waals surface area contributed by atoms with Crippen LogP contribution >= 0.6 is 94.2 Å². The summed E-state index contributed by atoms with van der Waals surface area (Å²) in [7, 11) is -1.40. The number of morpholine rings is 2. The Hall–Kier alpha value is -11.6. The number of nitrogens with two attached hydrogens (primary N) is 5. The lowest BCUT2D eigenvalue weighted by molar-refractivity contribution is -0.131. The Morgan fingerprint density at radius 1 is 0.420 bits per heavy atom. The molecule has 9 aliphatic heterocycles. The van der Waals surface area contributed by atoms with E-state index in [1.54, 1.807) is 138 Å². The predicted octanol–water partition coefficient (Wildman–Crippen LogP) is 15.2. The number of amides is 5. The van der Waals surface area contributed by atoms with E-state index in [2.05, 4.69) is 93.6 Å². The van der Waals surface area contributed by atoms with Crippen molar-refractivity contribution in [2.24, 2.45) is 5.73 Å². The van der Waals surface area contributed by atoms with Crippen molar-refractivity contribution in [1.82, 2.24) is 55.7 Å². The van der Waals surface area contributed by atoms with Gasteiger partial charge in [0.15, 0.2) is 0 Å². The highest BCUT2D eigenvalue weighted by Crippen LogP contribution is 2.47. The topological polar surface area (TPSA) is 483 Å². The minimum atomic E-state index is -0.980. The van der Waals surface area contributed by atoms with Gasteiger partial charge in [0.05, 0.1) is 100 Å². The van der Waals surface area contributed by atoms with Crippen LogP contribution in [0.5, 0.6) is 23.0 Å². The van der Waals surface area contributed by atoms with Crippen LogP contribution in [0.15, 0.2) is 196 Å². The molecule has 19 rings (SSSR count). The van der Waals surface area contributed by atoms with E-state index in [0.717, 1.165) is 87.2 Å². The third-order valence-electron chi connectivity index (χ3n) is 25.9. The number of fused-ring (bicyclic) bond motifs is 4. The van der Waals surface area contributed by atoms with Crippen molar-refractivity contribution in [3.05, 3.63) is 272 Å². The summed E-state index contributed by atoms with van der Waals surface area (Å²) in [5.41, 5.74) is 36.4. The van der Waals surface area contributed by atoms with Crippen molar-refractivity contribution in [2.45, 2.75) is 160 Å². The summed E-state index contributed by atoms with van der Waals surface area (Å²) in [5, 5.41) is 19.2. The van der Waals surface area contributed by atoms with Crippen molar-refractivity contribution in [3.8, 4) is 34.1 Å². The van der Waals surface area contributed by atoms with E-state index in [-0.39, 0.29) is 76.9 Å². The molecule has 5 saturated heterocycles. The van der Waals surface area contributed by atoms with Crippen molar-refractivity contribution >= 4 is 204 Å². The second-order valence-electron chi connectivity index (χ2n) is 38.2. The first-order chi connectivity index (χ1) is 71.3. The molecule has 5 atom stereocenters. The molecule has 15 heterocycles. The first-order valence-electron chi connectivity index (χ1n) is 48.2. The average molecular weight is 2320 g/mol. The zero-order valence-electron chi connectivity index (χ0n) is 84.5. The number of pyridine rings is 6. The van der Waals surface area contributed by atoms with Crippen LogP contribution in [0.1, 0.15) is 142 Å². The summed E-state index contributed by atoms with van der Waals surface area (Å²) in [4.78, 5) is 98.9. The molecule has 35 nitrogen and oxygen atoms in total. The van der Waals surface area contributed by atoms with E-state index >= 15 is 0 Å². The number of nitrogens with zero attached hydrogens (tertiary/aromatic N) is 8. The standard InChI is InChI=1S/C27H26ClN5O4.C23H27BClN3O4.C17H15BrClN3O2.C11H22B2O4.C10H11BrN2O2.C9H9BrClNO.C8H8N2O2/c28-22-5-4-20(18-3-6-23(30-15-18)27(35)33-9-11-36-12-10-33)21-13-19(37-26(21)22)16-32-25(34)8-2-17-1-7-24(29)31-14-17;1-22(2)23(3,4)32-24(31-22)17-7-8-18(25)21-16(17)11-15(30-21)13-28-20(29)10-6-14-5-9-19(26)27-12-14;18-13-3-4-14(19)17-12(13)7-11(24-17)9-22-16(23)6-2-10-1-5-15(20)21-8-10;1-8-9(2,3)15-12(14-8)13-16-10(4,5)11(6,7)17-13;11-8-1-2-9(12-7-8)10(14)13-3-5-15-6-4-13;10-7-1-2-8(11)9-6(7)3-5(4-12)13-9;9-7-3-1-6(5-10-7)2-4-8(11)12/h1-8,14-15,19H,9-13,16H2,(H2,29,31)(H,32,34);5-10,12,15H,11,13H2,1-4H3,(H2,26,27)(H,28,29);1-6,8,11H,7,9H2,(H2,20,21)(H,22,23);8H,1-7H3;1-2,7H,3-6H2;1-2,5H,3-4,12H2;1-5H,(H2,9,10)(H,11,12)/b8-2+;10-6+;6-2+;;;;4-2+. The zero-order chi connectivity index (χ0) is 108. The predicted molar refractivity (Wildman–Crippen MR) is 592 cm³/mol. The van der Waals surface area contributed by atoms with E-state index in [1.807, 2.05) is 119 Å². The molecule has 5 amide bonds. The first-order valence-corrected chi connectivity index (χ1v) is 52.1. The second kappa shape index (κ2) is 52.1. The van der Waals surface area contributed by atoms with Gasteiger partial charge < -0.3 is 116 Å². The summed E-state index contributed by atoms with van der Waals surface area (Å²) in [6, 6.07) is 35.8. The normalized spacial score (nSPS) is 19.3. The lowest BCUT2D eigenvalue weighted by Crippen LogP contribution is -2.41. The van der Waals surface area contributed by atoms with Crippen molar-refractivity contribution in [1.29, 1.82) is 0 Å². The van der Waals surface area contributed by atoms with Crippen molar-refractivity contribution in [2.75, 3.05) is 102 Å². The average Bonchev–Trinajstić information content (AvgIpc) is 1.60. The lowest BCUT2D eigenvalue weighted by atomic mass is 9.49. The number of carboxylic acid groups (broad SMARTS) is 1. The largest absolute Gasteiger partial charge is 0.495 e. The highest BCUT2D eigenvalue weighted by Gasteiger charge is 2.61. The molecule has 0 saturated carbocycles. The number of aromatic nitrogens is 6. The zero-order valence-corrected chi connectivity index (χ0v) is 92.3. The van der Waals surface area contributed by atoms with Crippen molar-refractivity contribution in [3.63, 3.8) is 0 Å². The van der Waals surface area contributed by atoms with Crippen LogP contribution in [-0.4, -0.2) is 239 Å². The lowest BCUT2D eigenvalue weighted by Gasteiger charge is -2.32. The van der Waals surface area contributed by atoms with Gasteiger partial charge in [-0.25, -0.2) is 29.7 Å².